The molecule has 1 aromatic carbocycles. The predicted octanol–water partition coefficient (Wildman–Crippen LogP) is 1.86. The maximum Gasteiger partial charge on any atom is 0.0934 e. The summed E-state index contributed by atoms with van der Waals surface area (Å²) in [7, 11) is 1.91. The van der Waals surface area contributed by atoms with Crippen molar-refractivity contribution >= 4 is 23.5 Å². The average molecular weight is 164 g/mol. The summed E-state index contributed by atoms with van der Waals surface area (Å²) in [6, 6.07) is 5.90. The second-order valence-corrected chi connectivity index (χ2v) is 2.99. The molecule has 0 amide bonds. The van der Waals surface area contributed by atoms with Gasteiger partial charge in [0.15, 0.2) is 0 Å². The Hall–Kier alpha value is -0.960. The smallest absolute Gasteiger partial charge is 0.0934 e. The van der Waals surface area contributed by atoms with E-state index < -0.39 is 0 Å². The third-order valence-electron chi connectivity index (χ3n) is 1.64. The van der Waals surface area contributed by atoms with E-state index in [-0.39, 0.29) is 0 Å². The molecular weight excluding hydrogens is 156 g/mol. The van der Waals surface area contributed by atoms with Crippen LogP contribution in [0.1, 0.15) is 0 Å². The first-order valence-corrected chi connectivity index (χ1v) is 3.83. The van der Waals surface area contributed by atoms with Gasteiger partial charge in [0.25, 0.3) is 0 Å². The van der Waals surface area contributed by atoms with Gasteiger partial charge in [0.1, 0.15) is 0 Å². The largest absolute Gasteiger partial charge is 0.275 e. The first-order valence-electron chi connectivity index (χ1n) is 3.39. The molecule has 2 aromatic rings. The monoisotopic (exact) mass is 164 g/mol. The van der Waals surface area contributed by atoms with Crippen molar-refractivity contribution in [1.82, 2.24) is 9.78 Å². The van der Waals surface area contributed by atoms with E-state index in [2.05, 4.69) is 17.7 Å². The van der Waals surface area contributed by atoms with Crippen LogP contribution >= 0.6 is 12.6 Å². The highest BCUT2D eigenvalue weighted by atomic mass is 32.1. The molecule has 0 unspecified atom stereocenters. The highest BCUT2D eigenvalue weighted by molar-refractivity contribution is 7.80. The van der Waals surface area contributed by atoms with Crippen molar-refractivity contribution in [3.8, 4) is 0 Å². The molecule has 1 aromatic heterocycles. The van der Waals surface area contributed by atoms with Crippen LogP contribution in [0.3, 0.4) is 0 Å². The number of aromatic nitrogens is 2. The van der Waals surface area contributed by atoms with Crippen LogP contribution < -0.4 is 0 Å². The molecule has 0 bridgehead atoms. The molecule has 0 aliphatic carbocycles. The lowest BCUT2D eigenvalue weighted by Crippen LogP contribution is -1.84. The summed E-state index contributed by atoms with van der Waals surface area (Å²) in [6.45, 7) is 0. The Kier molecular flexibility index (Phi) is 1.39. The minimum Gasteiger partial charge on any atom is -0.275 e. The zero-order valence-corrected chi connectivity index (χ0v) is 7.05. The minimum atomic E-state index is 0.982. The minimum absolute atomic E-state index is 0.982. The number of hydrogen-bond acceptors (Lipinski definition) is 2. The topological polar surface area (TPSA) is 17.8 Å². The third kappa shape index (κ3) is 1.01. The quantitative estimate of drug-likeness (QED) is 0.588. The normalized spacial score (nSPS) is 10.7. The van der Waals surface area contributed by atoms with Crippen LogP contribution in [-0.2, 0) is 7.05 Å². The second kappa shape index (κ2) is 2.27. The van der Waals surface area contributed by atoms with E-state index in [4.69, 9.17) is 0 Å². The molecule has 0 spiro atoms. The Morgan fingerprint density at radius 2 is 2.27 bits per heavy atom. The SMILES string of the molecule is Cn1cc2c(S)cccc2n1. The molecule has 0 radical (unpaired) electrons. The fraction of sp³-hybridized carbons (Fsp3) is 0.125. The Bertz CT molecular complexity index is 392. The van der Waals surface area contributed by atoms with Crippen molar-refractivity contribution in [3.05, 3.63) is 24.4 Å². The lowest BCUT2D eigenvalue weighted by Gasteiger charge is -1.89. The number of aryl methyl sites for hydroxylation is 1. The number of nitrogens with zero attached hydrogens (tertiary/aromatic N) is 2. The summed E-state index contributed by atoms with van der Waals surface area (Å²) in [5.74, 6) is 0. The molecule has 0 saturated carbocycles. The van der Waals surface area contributed by atoms with Gasteiger partial charge in [0, 0.05) is 23.5 Å². The van der Waals surface area contributed by atoms with Crippen molar-refractivity contribution in [2.45, 2.75) is 4.90 Å². The molecule has 2 rings (SSSR count). The van der Waals surface area contributed by atoms with Crippen molar-refractivity contribution in [1.29, 1.82) is 0 Å². The Labute approximate surface area is 70.2 Å². The highest BCUT2D eigenvalue weighted by Crippen LogP contribution is 2.19. The molecule has 0 atom stereocenters. The second-order valence-electron chi connectivity index (χ2n) is 2.51. The van der Waals surface area contributed by atoms with Gasteiger partial charge in [-0.25, -0.2) is 0 Å². The van der Waals surface area contributed by atoms with Crippen LogP contribution in [0.4, 0.5) is 0 Å². The molecule has 56 valence electrons. The first kappa shape index (κ1) is 6.73. The maximum absolute atomic E-state index is 4.31. The fourth-order valence-corrected chi connectivity index (χ4v) is 1.40. The summed E-state index contributed by atoms with van der Waals surface area (Å²) < 4.78 is 1.80. The molecule has 2 nitrogen and oxygen atoms in total. The fourth-order valence-electron chi connectivity index (χ4n) is 1.15. The summed E-state index contributed by atoms with van der Waals surface area (Å²) in [4.78, 5) is 0.982. The number of thiol groups is 1. The van der Waals surface area contributed by atoms with Gasteiger partial charge in [-0.3, -0.25) is 4.68 Å². The number of rotatable bonds is 0. The number of benzene rings is 1. The van der Waals surface area contributed by atoms with Gasteiger partial charge in [-0.05, 0) is 12.1 Å². The number of hydrogen-bond donors (Lipinski definition) is 1. The van der Waals surface area contributed by atoms with E-state index in [1.165, 1.54) is 0 Å². The van der Waals surface area contributed by atoms with Gasteiger partial charge in [0.2, 0.25) is 0 Å². The van der Waals surface area contributed by atoms with Crippen molar-refractivity contribution in [3.63, 3.8) is 0 Å². The Balaban J connectivity index is 2.90. The van der Waals surface area contributed by atoms with Crippen molar-refractivity contribution in [2.75, 3.05) is 0 Å². The predicted molar refractivity (Wildman–Crippen MR) is 48.0 cm³/mol. The van der Waals surface area contributed by atoms with Gasteiger partial charge >= 0.3 is 0 Å². The summed E-state index contributed by atoms with van der Waals surface area (Å²) in [5.41, 5.74) is 1.00. The average Bonchev–Trinajstić information content (AvgIpc) is 2.31. The van der Waals surface area contributed by atoms with Crippen LogP contribution in [0, 0.1) is 0 Å². The van der Waals surface area contributed by atoms with E-state index in [0.29, 0.717) is 0 Å². The lowest BCUT2D eigenvalue weighted by atomic mass is 10.3. The van der Waals surface area contributed by atoms with Gasteiger partial charge in [0.05, 0.1) is 5.52 Å². The lowest BCUT2D eigenvalue weighted by molar-refractivity contribution is 0.779. The zero-order valence-electron chi connectivity index (χ0n) is 6.15. The first-order chi connectivity index (χ1) is 5.27. The molecule has 0 aliphatic heterocycles. The summed E-state index contributed by atoms with van der Waals surface area (Å²) in [5, 5.41) is 5.35. The zero-order chi connectivity index (χ0) is 7.84. The molecule has 0 N–H and O–H groups in total. The van der Waals surface area contributed by atoms with Crippen LogP contribution in [0.25, 0.3) is 10.9 Å². The van der Waals surface area contributed by atoms with Gasteiger partial charge in [-0.2, -0.15) is 5.10 Å². The molecule has 0 saturated heterocycles. The van der Waals surface area contributed by atoms with Gasteiger partial charge < -0.3 is 0 Å². The van der Waals surface area contributed by atoms with Crippen LogP contribution in [-0.4, -0.2) is 9.78 Å². The molecule has 0 fully saturated rings. The molecule has 0 aliphatic rings. The molecule has 1 heterocycles. The van der Waals surface area contributed by atoms with Crippen molar-refractivity contribution < 1.29 is 0 Å². The molecular formula is C8H8N2S. The van der Waals surface area contributed by atoms with Gasteiger partial charge in [-0.1, -0.05) is 6.07 Å². The van der Waals surface area contributed by atoms with E-state index in [0.717, 1.165) is 15.8 Å². The third-order valence-corrected chi connectivity index (χ3v) is 2.03. The van der Waals surface area contributed by atoms with E-state index in [9.17, 15) is 0 Å². The van der Waals surface area contributed by atoms with Gasteiger partial charge in [-0.15, -0.1) is 12.6 Å². The maximum atomic E-state index is 4.31. The van der Waals surface area contributed by atoms with E-state index in [1.807, 2.05) is 31.4 Å². The Morgan fingerprint density at radius 3 is 3.00 bits per heavy atom. The van der Waals surface area contributed by atoms with Crippen molar-refractivity contribution in [2.24, 2.45) is 7.05 Å². The van der Waals surface area contributed by atoms with Crippen LogP contribution in [0.15, 0.2) is 29.3 Å². The highest BCUT2D eigenvalue weighted by Gasteiger charge is 1.99. The summed E-state index contributed by atoms with van der Waals surface area (Å²) >= 11 is 4.31. The Morgan fingerprint density at radius 1 is 1.45 bits per heavy atom. The van der Waals surface area contributed by atoms with Crippen LogP contribution in [0.2, 0.25) is 0 Å². The van der Waals surface area contributed by atoms with E-state index >= 15 is 0 Å². The van der Waals surface area contributed by atoms with Crippen LogP contribution in [0.5, 0.6) is 0 Å². The molecule has 3 heteroatoms. The summed E-state index contributed by atoms with van der Waals surface area (Å²) in [6.07, 6.45) is 1.97. The number of fused-ring (bicyclic) bond motifs is 1. The molecule has 11 heavy (non-hydrogen) atoms. The standard InChI is InChI=1S/C8H8N2S/c1-10-5-6-7(9-10)3-2-4-8(6)11/h2-5,11H,1H3. The van der Waals surface area contributed by atoms with E-state index in [1.54, 1.807) is 4.68 Å².